The fourth-order valence-corrected chi connectivity index (χ4v) is 2.68. The molecule has 1 aliphatic heterocycles. The molecule has 1 aliphatic rings. The maximum atomic E-state index is 5.93. The molecule has 1 unspecified atom stereocenters. The molecule has 2 aromatic rings. The summed E-state index contributed by atoms with van der Waals surface area (Å²) in [5.74, 6) is 1.82. The lowest BCUT2D eigenvalue weighted by Gasteiger charge is -2.19. The van der Waals surface area contributed by atoms with Crippen LogP contribution in [0.2, 0.25) is 5.15 Å². The van der Waals surface area contributed by atoms with Crippen LogP contribution in [-0.2, 0) is 6.42 Å². The molecule has 2 heterocycles. The summed E-state index contributed by atoms with van der Waals surface area (Å²) in [4.78, 5) is 4.29. The van der Waals surface area contributed by atoms with Crippen molar-refractivity contribution in [2.45, 2.75) is 25.8 Å². The van der Waals surface area contributed by atoms with Crippen molar-refractivity contribution in [3.63, 3.8) is 0 Å². The summed E-state index contributed by atoms with van der Waals surface area (Å²) in [5.41, 5.74) is 2.56. The molecule has 0 spiro atoms. The average Bonchev–Trinajstić information content (AvgIpc) is 2.92. The minimum absolute atomic E-state index is 0.229. The summed E-state index contributed by atoms with van der Waals surface area (Å²) in [7, 11) is 0. The molecule has 20 heavy (non-hydrogen) atoms. The van der Waals surface area contributed by atoms with Crippen LogP contribution in [0.4, 0.5) is 5.82 Å². The van der Waals surface area contributed by atoms with Crippen molar-refractivity contribution in [3.8, 4) is 5.75 Å². The highest BCUT2D eigenvalue weighted by molar-refractivity contribution is 6.29. The van der Waals surface area contributed by atoms with Gasteiger partial charge in [-0.05, 0) is 41.8 Å². The second-order valence-electron chi connectivity index (χ2n) is 4.92. The van der Waals surface area contributed by atoms with Crippen LogP contribution in [-0.4, -0.2) is 11.6 Å². The van der Waals surface area contributed by atoms with E-state index in [0.29, 0.717) is 5.15 Å². The topological polar surface area (TPSA) is 34.2 Å². The van der Waals surface area contributed by atoms with Gasteiger partial charge in [-0.2, -0.15) is 0 Å². The number of hydrogen-bond donors (Lipinski definition) is 1. The molecule has 0 amide bonds. The van der Waals surface area contributed by atoms with E-state index in [2.05, 4.69) is 35.4 Å². The molecule has 0 radical (unpaired) electrons. The molecule has 3 nitrogen and oxygen atoms in total. The van der Waals surface area contributed by atoms with E-state index in [0.717, 1.165) is 31.0 Å². The number of anilines is 1. The number of ether oxygens (including phenoxy) is 1. The van der Waals surface area contributed by atoms with Gasteiger partial charge in [0.1, 0.15) is 16.7 Å². The maximum Gasteiger partial charge on any atom is 0.131 e. The number of nitrogens with zero attached hydrogens (tertiary/aromatic N) is 1. The Morgan fingerprint density at radius 1 is 1.35 bits per heavy atom. The van der Waals surface area contributed by atoms with Crippen LogP contribution in [0.25, 0.3) is 0 Å². The molecule has 0 bridgehead atoms. The van der Waals surface area contributed by atoms with E-state index in [1.807, 2.05) is 12.1 Å². The molecule has 4 heteroatoms. The average molecular weight is 289 g/mol. The van der Waals surface area contributed by atoms with Gasteiger partial charge in [0.2, 0.25) is 0 Å². The molecular formula is C16H17ClN2O. The fraction of sp³-hybridized carbons (Fsp3) is 0.312. The van der Waals surface area contributed by atoms with Crippen LogP contribution >= 0.6 is 11.6 Å². The first-order valence-electron chi connectivity index (χ1n) is 6.91. The largest absolute Gasteiger partial charge is 0.493 e. The Morgan fingerprint density at radius 2 is 2.25 bits per heavy atom. The molecule has 0 fully saturated rings. The predicted molar refractivity (Wildman–Crippen MR) is 81.5 cm³/mol. The van der Waals surface area contributed by atoms with E-state index in [9.17, 15) is 0 Å². The number of hydrogen-bond acceptors (Lipinski definition) is 3. The van der Waals surface area contributed by atoms with Crippen molar-refractivity contribution in [2.75, 3.05) is 11.9 Å². The SMILES string of the molecule is CCC(Nc1cccc(Cl)n1)c1ccc2c(c1)CCO2. The Hall–Kier alpha value is -1.74. The summed E-state index contributed by atoms with van der Waals surface area (Å²) in [6.07, 6.45) is 1.98. The first-order valence-corrected chi connectivity index (χ1v) is 7.29. The normalized spacial score (nSPS) is 14.5. The molecule has 1 atom stereocenters. The molecular weight excluding hydrogens is 272 g/mol. The molecule has 1 N–H and O–H groups in total. The van der Waals surface area contributed by atoms with Gasteiger partial charge < -0.3 is 10.1 Å². The van der Waals surface area contributed by atoms with Gasteiger partial charge in [-0.15, -0.1) is 0 Å². The number of fused-ring (bicyclic) bond motifs is 1. The Labute approximate surface area is 123 Å². The van der Waals surface area contributed by atoms with E-state index in [4.69, 9.17) is 16.3 Å². The third kappa shape index (κ3) is 2.73. The van der Waals surface area contributed by atoms with Crippen molar-refractivity contribution in [1.82, 2.24) is 4.98 Å². The van der Waals surface area contributed by atoms with E-state index in [1.165, 1.54) is 11.1 Å². The van der Waals surface area contributed by atoms with Crippen molar-refractivity contribution in [1.29, 1.82) is 0 Å². The molecule has 0 saturated carbocycles. The molecule has 0 aliphatic carbocycles. The van der Waals surface area contributed by atoms with Gasteiger partial charge in [0, 0.05) is 6.42 Å². The van der Waals surface area contributed by atoms with E-state index >= 15 is 0 Å². The first-order chi connectivity index (χ1) is 9.76. The number of pyridine rings is 1. The van der Waals surface area contributed by atoms with Crippen LogP contribution in [0.1, 0.15) is 30.5 Å². The zero-order valence-electron chi connectivity index (χ0n) is 11.4. The Kier molecular flexibility index (Phi) is 3.79. The van der Waals surface area contributed by atoms with Crippen LogP contribution in [0.15, 0.2) is 36.4 Å². The van der Waals surface area contributed by atoms with E-state index in [1.54, 1.807) is 6.07 Å². The van der Waals surface area contributed by atoms with Gasteiger partial charge in [0.25, 0.3) is 0 Å². The predicted octanol–water partition coefficient (Wildman–Crippen LogP) is 4.23. The number of rotatable bonds is 4. The summed E-state index contributed by atoms with van der Waals surface area (Å²) in [6, 6.07) is 12.3. The summed E-state index contributed by atoms with van der Waals surface area (Å²) in [5, 5.41) is 3.95. The lowest BCUT2D eigenvalue weighted by molar-refractivity contribution is 0.357. The number of nitrogens with one attached hydrogen (secondary N) is 1. The zero-order valence-corrected chi connectivity index (χ0v) is 12.2. The fourth-order valence-electron chi connectivity index (χ4n) is 2.51. The van der Waals surface area contributed by atoms with Crippen LogP contribution < -0.4 is 10.1 Å². The van der Waals surface area contributed by atoms with Gasteiger partial charge in [-0.3, -0.25) is 0 Å². The van der Waals surface area contributed by atoms with Gasteiger partial charge in [0.15, 0.2) is 0 Å². The highest BCUT2D eigenvalue weighted by Gasteiger charge is 2.16. The third-order valence-electron chi connectivity index (χ3n) is 3.56. The molecule has 0 saturated heterocycles. The molecule has 1 aromatic heterocycles. The highest BCUT2D eigenvalue weighted by Crippen LogP contribution is 2.30. The van der Waals surface area contributed by atoms with E-state index in [-0.39, 0.29) is 6.04 Å². The highest BCUT2D eigenvalue weighted by atomic mass is 35.5. The standard InChI is InChI=1S/C16H17ClN2O/c1-2-13(18-16-5-3-4-15(17)19-16)11-6-7-14-12(10-11)8-9-20-14/h3-7,10,13H,2,8-9H2,1H3,(H,18,19). The lowest BCUT2D eigenvalue weighted by atomic mass is 10.0. The smallest absolute Gasteiger partial charge is 0.131 e. The quantitative estimate of drug-likeness (QED) is 0.855. The Bertz CT molecular complexity index is 615. The van der Waals surface area contributed by atoms with Crippen LogP contribution in [0, 0.1) is 0 Å². The van der Waals surface area contributed by atoms with Crippen LogP contribution in [0.3, 0.4) is 0 Å². The minimum Gasteiger partial charge on any atom is -0.493 e. The lowest BCUT2D eigenvalue weighted by Crippen LogP contribution is -2.11. The maximum absolute atomic E-state index is 5.93. The molecule has 1 aromatic carbocycles. The minimum atomic E-state index is 0.229. The van der Waals surface area contributed by atoms with Gasteiger partial charge in [-0.1, -0.05) is 30.7 Å². The third-order valence-corrected chi connectivity index (χ3v) is 3.77. The second-order valence-corrected chi connectivity index (χ2v) is 5.30. The number of benzene rings is 1. The Balaban J connectivity index is 1.83. The summed E-state index contributed by atoms with van der Waals surface area (Å²) < 4.78 is 5.55. The molecule has 104 valence electrons. The van der Waals surface area contributed by atoms with Crippen molar-refractivity contribution in [2.24, 2.45) is 0 Å². The monoisotopic (exact) mass is 288 g/mol. The van der Waals surface area contributed by atoms with Gasteiger partial charge in [-0.25, -0.2) is 4.98 Å². The summed E-state index contributed by atoms with van der Waals surface area (Å²) >= 11 is 5.93. The number of aromatic nitrogens is 1. The van der Waals surface area contributed by atoms with Gasteiger partial charge in [0.05, 0.1) is 12.6 Å². The zero-order chi connectivity index (χ0) is 13.9. The first kappa shape index (κ1) is 13.3. The van der Waals surface area contributed by atoms with Crippen molar-refractivity contribution in [3.05, 3.63) is 52.7 Å². The van der Waals surface area contributed by atoms with Gasteiger partial charge >= 0.3 is 0 Å². The second kappa shape index (κ2) is 5.71. The van der Waals surface area contributed by atoms with Crippen LogP contribution in [0.5, 0.6) is 5.75 Å². The van der Waals surface area contributed by atoms with Crippen molar-refractivity contribution >= 4 is 17.4 Å². The van der Waals surface area contributed by atoms with Crippen molar-refractivity contribution < 1.29 is 4.74 Å². The Morgan fingerprint density at radius 3 is 3.05 bits per heavy atom. The molecule has 3 rings (SSSR count). The van der Waals surface area contributed by atoms with E-state index < -0.39 is 0 Å². The summed E-state index contributed by atoms with van der Waals surface area (Å²) in [6.45, 7) is 2.95. The number of halogens is 1.